The number of hydrogen-bond donors (Lipinski definition) is 0. The predicted molar refractivity (Wildman–Crippen MR) is 87.8 cm³/mol. The molecule has 1 heterocycles. The number of rotatable bonds is 6. The van der Waals surface area contributed by atoms with E-state index in [1.165, 1.54) is 0 Å². The number of nitrogens with zero attached hydrogens (tertiary/aromatic N) is 5. The molecule has 2 aromatic rings. The SMILES string of the molecule is CN(C)CCN(Cc1cccc(Cl)c1)c1ccc(C#N)nn1. The molecule has 5 nitrogen and oxygen atoms in total. The molecule has 6 heteroatoms. The van der Waals surface area contributed by atoms with E-state index in [0.717, 1.165) is 29.5 Å². The number of benzene rings is 1. The Labute approximate surface area is 135 Å². The van der Waals surface area contributed by atoms with Crippen molar-refractivity contribution < 1.29 is 0 Å². The van der Waals surface area contributed by atoms with E-state index in [1.54, 1.807) is 6.07 Å². The zero-order valence-corrected chi connectivity index (χ0v) is 13.5. The molecule has 114 valence electrons. The van der Waals surface area contributed by atoms with E-state index in [2.05, 4.69) is 20.0 Å². The topological polar surface area (TPSA) is 56.0 Å². The maximum Gasteiger partial charge on any atom is 0.163 e. The molecular formula is C16H18ClN5. The zero-order valence-electron chi connectivity index (χ0n) is 12.7. The highest BCUT2D eigenvalue weighted by molar-refractivity contribution is 6.30. The van der Waals surface area contributed by atoms with Crippen molar-refractivity contribution >= 4 is 17.4 Å². The molecule has 0 fully saturated rings. The molecule has 0 spiro atoms. The van der Waals surface area contributed by atoms with Crippen LogP contribution in [0.15, 0.2) is 36.4 Å². The Hall–Kier alpha value is -2.16. The molecule has 0 unspecified atom stereocenters. The Morgan fingerprint density at radius 3 is 2.55 bits per heavy atom. The van der Waals surface area contributed by atoms with Crippen LogP contribution < -0.4 is 4.90 Å². The first kappa shape index (κ1) is 16.2. The highest BCUT2D eigenvalue weighted by Crippen LogP contribution is 2.17. The summed E-state index contributed by atoms with van der Waals surface area (Å²) in [6.07, 6.45) is 0. The van der Waals surface area contributed by atoms with Crippen LogP contribution >= 0.6 is 11.6 Å². The van der Waals surface area contributed by atoms with Gasteiger partial charge in [-0.05, 0) is 43.9 Å². The molecule has 0 aliphatic rings. The van der Waals surface area contributed by atoms with Crippen molar-refractivity contribution in [3.8, 4) is 6.07 Å². The summed E-state index contributed by atoms with van der Waals surface area (Å²) < 4.78 is 0. The summed E-state index contributed by atoms with van der Waals surface area (Å²) in [7, 11) is 4.06. The lowest BCUT2D eigenvalue weighted by Crippen LogP contribution is -2.32. The van der Waals surface area contributed by atoms with Gasteiger partial charge in [-0.25, -0.2) is 0 Å². The molecule has 0 N–H and O–H groups in total. The summed E-state index contributed by atoms with van der Waals surface area (Å²) in [5.74, 6) is 0.751. The van der Waals surface area contributed by atoms with Crippen LogP contribution in [0, 0.1) is 11.3 Å². The van der Waals surface area contributed by atoms with Crippen molar-refractivity contribution in [2.24, 2.45) is 0 Å². The van der Waals surface area contributed by atoms with Gasteiger partial charge in [0.1, 0.15) is 6.07 Å². The summed E-state index contributed by atoms with van der Waals surface area (Å²) in [6, 6.07) is 13.3. The van der Waals surface area contributed by atoms with Gasteiger partial charge in [0.15, 0.2) is 11.5 Å². The molecule has 1 aromatic heterocycles. The largest absolute Gasteiger partial charge is 0.350 e. The molecule has 0 saturated carbocycles. The number of likely N-dealkylation sites (N-methyl/N-ethyl adjacent to an activating group) is 1. The fraction of sp³-hybridized carbons (Fsp3) is 0.312. The standard InChI is InChI=1S/C16H18ClN5/c1-21(2)8-9-22(12-13-4-3-5-14(17)10-13)16-7-6-15(11-18)19-20-16/h3-7,10H,8-9,12H2,1-2H3. The van der Waals surface area contributed by atoms with Gasteiger partial charge in [-0.2, -0.15) is 5.26 Å². The number of halogens is 1. The van der Waals surface area contributed by atoms with Gasteiger partial charge in [-0.1, -0.05) is 23.7 Å². The van der Waals surface area contributed by atoms with Crippen LogP contribution in [0.25, 0.3) is 0 Å². The van der Waals surface area contributed by atoms with E-state index in [-0.39, 0.29) is 0 Å². The monoisotopic (exact) mass is 315 g/mol. The molecule has 0 aliphatic heterocycles. The maximum atomic E-state index is 8.82. The molecule has 0 atom stereocenters. The van der Waals surface area contributed by atoms with Gasteiger partial charge in [0.25, 0.3) is 0 Å². The first-order valence-electron chi connectivity index (χ1n) is 6.96. The molecule has 0 radical (unpaired) electrons. The minimum absolute atomic E-state index is 0.319. The Morgan fingerprint density at radius 1 is 1.14 bits per heavy atom. The quantitative estimate of drug-likeness (QED) is 0.820. The molecule has 2 rings (SSSR count). The highest BCUT2D eigenvalue weighted by Gasteiger charge is 2.10. The first-order valence-corrected chi connectivity index (χ1v) is 7.34. The summed E-state index contributed by atoms with van der Waals surface area (Å²) in [4.78, 5) is 4.24. The lowest BCUT2D eigenvalue weighted by atomic mass is 10.2. The van der Waals surface area contributed by atoms with Gasteiger partial charge in [-0.3, -0.25) is 0 Å². The Balaban J connectivity index is 2.19. The second-order valence-corrected chi connectivity index (χ2v) is 5.68. The second kappa shape index (κ2) is 7.74. The van der Waals surface area contributed by atoms with Crippen molar-refractivity contribution in [1.82, 2.24) is 15.1 Å². The van der Waals surface area contributed by atoms with Gasteiger partial charge in [0.2, 0.25) is 0 Å². The van der Waals surface area contributed by atoms with E-state index in [9.17, 15) is 0 Å². The minimum atomic E-state index is 0.319. The number of anilines is 1. The second-order valence-electron chi connectivity index (χ2n) is 5.24. The average molecular weight is 316 g/mol. The summed E-state index contributed by atoms with van der Waals surface area (Å²) >= 11 is 6.05. The van der Waals surface area contributed by atoms with Crippen LogP contribution in [-0.2, 0) is 6.54 Å². The summed E-state index contributed by atoms with van der Waals surface area (Å²) in [5.41, 5.74) is 1.43. The third kappa shape index (κ3) is 4.69. The van der Waals surface area contributed by atoms with E-state index in [0.29, 0.717) is 12.2 Å². The summed E-state index contributed by atoms with van der Waals surface area (Å²) in [5, 5.41) is 17.6. The number of hydrogen-bond acceptors (Lipinski definition) is 5. The van der Waals surface area contributed by atoms with Crippen molar-refractivity contribution in [2.45, 2.75) is 6.54 Å². The van der Waals surface area contributed by atoms with E-state index in [4.69, 9.17) is 16.9 Å². The van der Waals surface area contributed by atoms with Gasteiger partial charge in [-0.15, -0.1) is 10.2 Å². The molecule has 0 saturated heterocycles. The van der Waals surface area contributed by atoms with Gasteiger partial charge >= 0.3 is 0 Å². The maximum absolute atomic E-state index is 8.82. The summed E-state index contributed by atoms with van der Waals surface area (Å²) in [6.45, 7) is 2.39. The van der Waals surface area contributed by atoms with Gasteiger partial charge in [0, 0.05) is 24.7 Å². The fourth-order valence-corrected chi connectivity index (χ4v) is 2.22. The third-order valence-electron chi connectivity index (χ3n) is 3.17. The number of aromatic nitrogens is 2. The normalized spacial score (nSPS) is 10.5. The average Bonchev–Trinajstić information content (AvgIpc) is 2.51. The highest BCUT2D eigenvalue weighted by atomic mass is 35.5. The van der Waals surface area contributed by atoms with Crippen LogP contribution in [0.5, 0.6) is 0 Å². The minimum Gasteiger partial charge on any atom is -0.350 e. The van der Waals surface area contributed by atoms with Crippen LogP contribution in [0.3, 0.4) is 0 Å². The van der Waals surface area contributed by atoms with Crippen LogP contribution in [0.1, 0.15) is 11.3 Å². The van der Waals surface area contributed by atoms with E-state index >= 15 is 0 Å². The molecule has 0 aliphatic carbocycles. The predicted octanol–water partition coefficient (Wildman–Crippen LogP) is 2.57. The third-order valence-corrected chi connectivity index (χ3v) is 3.40. The van der Waals surface area contributed by atoms with Crippen LogP contribution in [-0.4, -0.2) is 42.3 Å². The lowest BCUT2D eigenvalue weighted by Gasteiger charge is -2.25. The Bertz CT molecular complexity index is 648. The smallest absolute Gasteiger partial charge is 0.163 e. The Kier molecular flexibility index (Phi) is 5.70. The van der Waals surface area contributed by atoms with Crippen LogP contribution in [0.2, 0.25) is 5.02 Å². The molecule has 1 aromatic carbocycles. The molecule has 0 bridgehead atoms. The van der Waals surface area contributed by atoms with Gasteiger partial charge < -0.3 is 9.80 Å². The van der Waals surface area contributed by atoms with Gasteiger partial charge in [0.05, 0.1) is 0 Å². The lowest BCUT2D eigenvalue weighted by molar-refractivity contribution is 0.412. The van der Waals surface area contributed by atoms with E-state index in [1.807, 2.05) is 50.5 Å². The molecular weight excluding hydrogens is 298 g/mol. The van der Waals surface area contributed by atoms with E-state index < -0.39 is 0 Å². The fourth-order valence-electron chi connectivity index (χ4n) is 2.00. The van der Waals surface area contributed by atoms with Crippen molar-refractivity contribution in [3.05, 3.63) is 52.7 Å². The van der Waals surface area contributed by atoms with Crippen molar-refractivity contribution in [3.63, 3.8) is 0 Å². The molecule has 22 heavy (non-hydrogen) atoms. The zero-order chi connectivity index (χ0) is 15.9. The van der Waals surface area contributed by atoms with Crippen molar-refractivity contribution in [2.75, 3.05) is 32.1 Å². The first-order chi connectivity index (χ1) is 10.6. The number of nitriles is 1. The Morgan fingerprint density at radius 2 is 1.95 bits per heavy atom. The van der Waals surface area contributed by atoms with Crippen molar-refractivity contribution in [1.29, 1.82) is 5.26 Å². The van der Waals surface area contributed by atoms with Crippen LogP contribution in [0.4, 0.5) is 5.82 Å². The molecule has 0 amide bonds.